The molecule has 0 aliphatic carbocycles. The number of hydrogen-bond donors (Lipinski definition) is 3. The van der Waals surface area contributed by atoms with Gasteiger partial charge in [-0.2, -0.15) is 5.10 Å². The quantitative estimate of drug-likeness (QED) is 0.610. The third-order valence-electron chi connectivity index (χ3n) is 2.72. The fourth-order valence-electron chi connectivity index (χ4n) is 2.05. The molecule has 0 atom stereocenters. The number of aromatic nitrogens is 1. The maximum atomic E-state index is 8.13. The van der Waals surface area contributed by atoms with Crippen molar-refractivity contribution in [2.24, 2.45) is 5.10 Å². The second-order valence-electron chi connectivity index (χ2n) is 4.06. The number of anilines is 2. The van der Waals surface area contributed by atoms with Crippen LogP contribution in [0.2, 0.25) is 0 Å². The average molecular weight is 232 g/mol. The number of fused-ring (bicyclic) bond motifs is 1. The third kappa shape index (κ3) is 1.82. The van der Waals surface area contributed by atoms with Crippen LogP contribution in [0.15, 0.2) is 11.2 Å². The number of nitrogen functional groups attached to an aromatic ring is 1. The zero-order valence-corrected chi connectivity index (χ0v) is 10.2. The topological polar surface area (TPSA) is 90.4 Å². The van der Waals surface area contributed by atoms with Gasteiger partial charge in [-0.05, 0) is 13.0 Å². The molecule has 1 aromatic heterocycles. The van der Waals surface area contributed by atoms with Gasteiger partial charge in [0.25, 0.3) is 0 Å². The van der Waals surface area contributed by atoms with Gasteiger partial charge in [-0.15, -0.1) is 0 Å². The molecule has 1 aromatic rings. The largest absolute Gasteiger partial charge is 0.382 e. The maximum absolute atomic E-state index is 8.13. The molecular weight excluding hydrogens is 216 g/mol. The highest BCUT2D eigenvalue weighted by atomic mass is 15.3. The Hall–Kier alpha value is -2.11. The summed E-state index contributed by atoms with van der Waals surface area (Å²) in [7, 11) is 3.64. The minimum atomic E-state index is 0.407. The Kier molecular flexibility index (Phi) is 2.71. The van der Waals surface area contributed by atoms with Crippen LogP contribution in [-0.4, -0.2) is 37.0 Å². The lowest BCUT2D eigenvalue weighted by molar-refractivity contribution is 0.890. The van der Waals surface area contributed by atoms with Gasteiger partial charge in [0.05, 0.1) is 17.9 Å². The first kappa shape index (κ1) is 11.4. The molecule has 6 heteroatoms. The smallest absolute Gasteiger partial charge is 0.148 e. The number of aryl methyl sites for hydroxylation is 1. The molecule has 0 unspecified atom stereocenters. The van der Waals surface area contributed by atoms with Gasteiger partial charge in [-0.3, -0.25) is 5.41 Å². The lowest BCUT2D eigenvalue weighted by Crippen LogP contribution is -2.39. The van der Waals surface area contributed by atoms with Crippen molar-refractivity contribution in [2.45, 2.75) is 6.92 Å². The predicted octanol–water partition coefficient (Wildman–Crippen LogP) is 0.365. The summed E-state index contributed by atoms with van der Waals surface area (Å²) in [6, 6.07) is 1.87. The first-order valence-corrected chi connectivity index (χ1v) is 5.35. The molecule has 17 heavy (non-hydrogen) atoms. The maximum Gasteiger partial charge on any atom is 0.148 e. The number of hydrogen-bond acceptors (Lipinski definition) is 6. The molecule has 4 N–H and O–H groups in total. The van der Waals surface area contributed by atoms with Crippen molar-refractivity contribution in [1.82, 2.24) is 10.4 Å². The summed E-state index contributed by atoms with van der Waals surface area (Å²) in [6.45, 7) is 2.43. The summed E-state index contributed by atoms with van der Waals surface area (Å²) in [5.41, 5.74) is 12.2. The molecule has 90 valence electrons. The summed E-state index contributed by atoms with van der Waals surface area (Å²) in [5, 5.41) is 12.2. The van der Waals surface area contributed by atoms with Crippen molar-refractivity contribution in [2.75, 3.05) is 31.3 Å². The van der Waals surface area contributed by atoms with E-state index in [4.69, 9.17) is 11.1 Å². The number of nitrogens with one attached hydrogen (secondary N) is 2. The van der Waals surface area contributed by atoms with E-state index in [1.54, 1.807) is 7.05 Å². The third-order valence-corrected chi connectivity index (χ3v) is 2.72. The first-order valence-electron chi connectivity index (χ1n) is 5.35. The van der Waals surface area contributed by atoms with Crippen molar-refractivity contribution in [3.63, 3.8) is 0 Å². The van der Waals surface area contributed by atoms with E-state index in [1.807, 2.05) is 24.9 Å². The van der Waals surface area contributed by atoms with Crippen LogP contribution in [0.3, 0.4) is 0 Å². The van der Waals surface area contributed by atoms with Crippen molar-refractivity contribution in [3.8, 4) is 0 Å². The normalized spacial score (nSPS) is 17.2. The predicted molar refractivity (Wildman–Crippen MR) is 70.0 cm³/mol. The number of hydrazone groups is 1. The van der Waals surface area contributed by atoms with E-state index in [1.165, 1.54) is 0 Å². The zero-order valence-electron chi connectivity index (χ0n) is 10.2. The lowest BCUT2D eigenvalue weighted by Gasteiger charge is -2.29. The Bertz CT molecular complexity index is 505. The van der Waals surface area contributed by atoms with Crippen LogP contribution in [0.1, 0.15) is 11.3 Å². The number of pyridine rings is 1. The minimum absolute atomic E-state index is 0.407. The molecule has 1 aliphatic rings. The van der Waals surface area contributed by atoms with Crippen LogP contribution < -0.4 is 16.1 Å². The molecule has 0 aromatic carbocycles. The molecule has 0 saturated heterocycles. The Morgan fingerprint density at radius 2 is 2.29 bits per heavy atom. The molecule has 2 heterocycles. The minimum Gasteiger partial charge on any atom is -0.382 e. The van der Waals surface area contributed by atoms with Crippen LogP contribution >= 0.6 is 0 Å². The van der Waals surface area contributed by atoms with Gasteiger partial charge >= 0.3 is 0 Å². The highest BCUT2D eigenvalue weighted by Crippen LogP contribution is 2.30. The van der Waals surface area contributed by atoms with Crippen LogP contribution in [0.25, 0.3) is 0 Å². The number of nitrogens with two attached hydrogens (primary N) is 1. The van der Waals surface area contributed by atoms with E-state index < -0.39 is 0 Å². The van der Waals surface area contributed by atoms with Crippen LogP contribution in [0.5, 0.6) is 0 Å². The molecule has 6 nitrogen and oxygen atoms in total. The van der Waals surface area contributed by atoms with Gasteiger partial charge in [0.2, 0.25) is 0 Å². The molecule has 1 aliphatic heterocycles. The molecule has 0 fully saturated rings. The van der Waals surface area contributed by atoms with E-state index >= 15 is 0 Å². The number of rotatable bonds is 1. The number of nitrogens with zero attached hydrogens (tertiary/aromatic N) is 3. The highest BCUT2D eigenvalue weighted by Gasteiger charge is 2.26. The second-order valence-corrected chi connectivity index (χ2v) is 4.06. The van der Waals surface area contributed by atoms with E-state index in [0.717, 1.165) is 16.9 Å². The Morgan fingerprint density at radius 1 is 1.59 bits per heavy atom. The van der Waals surface area contributed by atoms with Crippen molar-refractivity contribution in [3.05, 3.63) is 17.3 Å². The van der Waals surface area contributed by atoms with E-state index in [2.05, 4.69) is 15.5 Å². The monoisotopic (exact) mass is 232 g/mol. The van der Waals surface area contributed by atoms with Gasteiger partial charge in [0.1, 0.15) is 11.5 Å². The van der Waals surface area contributed by atoms with Crippen LogP contribution in [0.4, 0.5) is 11.5 Å². The SMILES string of the molecule is CN/N=C1/CN(C)c2c(cc(C)nc2N)C1=N. The van der Waals surface area contributed by atoms with Crippen molar-refractivity contribution in [1.29, 1.82) is 5.41 Å². The van der Waals surface area contributed by atoms with E-state index in [0.29, 0.717) is 23.8 Å². The fraction of sp³-hybridized carbons (Fsp3) is 0.364. The fourth-order valence-corrected chi connectivity index (χ4v) is 2.05. The van der Waals surface area contributed by atoms with Crippen molar-refractivity contribution >= 4 is 22.9 Å². The zero-order chi connectivity index (χ0) is 12.6. The molecule has 0 spiro atoms. The van der Waals surface area contributed by atoms with E-state index in [9.17, 15) is 0 Å². The Balaban J connectivity index is 2.61. The van der Waals surface area contributed by atoms with Gasteiger partial charge in [0.15, 0.2) is 0 Å². The summed E-state index contributed by atoms with van der Waals surface area (Å²) in [4.78, 5) is 6.19. The molecule has 2 rings (SSSR count). The highest BCUT2D eigenvalue weighted by molar-refractivity contribution is 6.50. The average Bonchev–Trinajstić information content (AvgIpc) is 2.24. The van der Waals surface area contributed by atoms with Gasteiger partial charge in [-0.25, -0.2) is 4.98 Å². The molecule has 0 radical (unpaired) electrons. The summed E-state index contributed by atoms with van der Waals surface area (Å²) >= 11 is 0. The molecule has 0 saturated carbocycles. The Morgan fingerprint density at radius 3 is 2.94 bits per heavy atom. The molecule has 0 bridgehead atoms. The second kappa shape index (κ2) is 4.04. The molecule has 0 amide bonds. The van der Waals surface area contributed by atoms with Crippen LogP contribution in [0, 0.1) is 12.3 Å². The van der Waals surface area contributed by atoms with Crippen LogP contribution in [-0.2, 0) is 0 Å². The summed E-state index contributed by atoms with van der Waals surface area (Å²) in [5.74, 6) is 0.468. The van der Waals surface area contributed by atoms with Crippen molar-refractivity contribution < 1.29 is 0 Å². The first-order chi connectivity index (χ1) is 8.04. The van der Waals surface area contributed by atoms with Gasteiger partial charge in [-0.1, -0.05) is 0 Å². The standard InChI is InChI=1S/C11H16N6/c1-6-4-7-9(12)8(16-14-2)5-17(3)10(7)11(13)15-6/h4,12,14H,5H2,1-3H3,(H2,13,15)/b12-9?,16-8-. The molecular formula is C11H16N6. The van der Waals surface area contributed by atoms with E-state index in [-0.39, 0.29) is 0 Å². The summed E-state index contributed by atoms with van der Waals surface area (Å²) < 4.78 is 0. The van der Waals surface area contributed by atoms with Gasteiger partial charge < -0.3 is 16.1 Å². The Labute approximate surface area is 100 Å². The lowest BCUT2D eigenvalue weighted by atomic mass is 9.98. The summed E-state index contributed by atoms with van der Waals surface area (Å²) in [6.07, 6.45) is 0. The van der Waals surface area contributed by atoms with Gasteiger partial charge in [0, 0.05) is 25.4 Å².